The minimum atomic E-state index is -0.603. The molecule has 1 aromatic heterocycles. The van der Waals surface area contributed by atoms with Gasteiger partial charge in [-0.1, -0.05) is 12.1 Å². The summed E-state index contributed by atoms with van der Waals surface area (Å²) in [6.45, 7) is -0.0138. The average Bonchev–Trinajstić information content (AvgIpc) is 3.01. The largest absolute Gasteiger partial charge is 0.464 e. The van der Waals surface area contributed by atoms with Crippen molar-refractivity contribution in [1.29, 1.82) is 0 Å². The fourth-order valence-electron chi connectivity index (χ4n) is 2.21. The summed E-state index contributed by atoms with van der Waals surface area (Å²) in [4.78, 5) is 42.0. The zero-order valence-corrected chi connectivity index (χ0v) is 13.7. The van der Waals surface area contributed by atoms with Gasteiger partial charge in [-0.15, -0.1) is 11.3 Å². The Bertz CT molecular complexity index is 767. The van der Waals surface area contributed by atoms with E-state index < -0.39 is 5.97 Å². The number of esters is 1. The number of thiazole rings is 1. The third-order valence-corrected chi connectivity index (χ3v) is 4.72. The zero-order valence-electron chi connectivity index (χ0n) is 11.3. The second kappa shape index (κ2) is 5.62. The first-order valence-corrected chi connectivity index (χ1v) is 7.82. The lowest BCUT2D eigenvalue weighted by Gasteiger charge is -2.12. The highest BCUT2D eigenvalue weighted by Crippen LogP contribution is 2.29. The predicted octanol–water partition coefficient (Wildman–Crippen LogP) is 2.49. The summed E-state index contributed by atoms with van der Waals surface area (Å²) in [5, 5.41) is 0. The van der Waals surface area contributed by atoms with Crippen LogP contribution in [-0.4, -0.2) is 34.8 Å². The van der Waals surface area contributed by atoms with Crippen molar-refractivity contribution >= 4 is 45.1 Å². The highest BCUT2D eigenvalue weighted by molar-refractivity contribution is 9.11. The van der Waals surface area contributed by atoms with Crippen LogP contribution < -0.4 is 0 Å². The molecule has 112 valence electrons. The molecule has 0 radical (unpaired) electrons. The van der Waals surface area contributed by atoms with Gasteiger partial charge < -0.3 is 4.74 Å². The summed E-state index contributed by atoms with van der Waals surface area (Å²) in [6, 6.07) is 6.63. The molecule has 0 atom stereocenters. The monoisotopic (exact) mass is 380 g/mol. The number of amides is 2. The molecular weight excluding hydrogens is 372 g/mol. The molecule has 8 heteroatoms. The second-order valence-corrected chi connectivity index (χ2v) is 6.83. The van der Waals surface area contributed by atoms with Crippen molar-refractivity contribution in [1.82, 2.24) is 9.88 Å². The van der Waals surface area contributed by atoms with Crippen LogP contribution in [0.2, 0.25) is 0 Å². The molecule has 2 amide bonds. The van der Waals surface area contributed by atoms with Crippen LogP contribution in [0.1, 0.15) is 36.1 Å². The summed E-state index contributed by atoms with van der Waals surface area (Å²) < 4.78 is 5.15. The van der Waals surface area contributed by atoms with E-state index in [2.05, 4.69) is 25.7 Å². The van der Waals surface area contributed by atoms with Gasteiger partial charge in [-0.3, -0.25) is 14.5 Å². The number of ether oxygens (including phenoxy) is 1. The van der Waals surface area contributed by atoms with E-state index in [4.69, 9.17) is 0 Å². The second-order valence-electron chi connectivity index (χ2n) is 4.47. The predicted molar refractivity (Wildman–Crippen MR) is 81.8 cm³/mol. The molecule has 2 heterocycles. The molecule has 0 saturated heterocycles. The van der Waals surface area contributed by atoms with Crippen LogP contribution in [0, 0.1) is 0 Å². The van der Waals surface area contributed by atoms with Crippen LogP contribution in [-0.2, 0) is 11.3 Å². The van der Waals surface area contributed by atoms with Gasteiger partial charge in [0.05, 0.1) is 29.7 Å². The zero-order chi connectivity index (χ0) is 15.9. The Morgan fingerprint density at radius 2 is 1.86 bits per heavy atom. The fourth-order valence-corrected chi connectivity index (χ4v) is 3.74. The van der Waals surface area contributed by atoms with E-state index >= 15 is 0 Å². The normalized spacial score (nSPS) is 13.5. The molecule has 1 aliphatic rings. The number of hydrogen-bond donors (Lipinski definition) is 0. The molecule has 0 spiro atoms. The Hall–Kier alpha value is -2.06. The number of methoxy groups -OCH3 is 1. The average molecular weight is 381 g/mol. The summed E-state index contributed by atoms with van der Waals surface area (Å²) in [6.07, 6.45) is 0. The van der Waals surface area contributed by atoms with Crippen LogP contribution >= 0.6 is 27.3 Å². The minimum Gasteiger partial charge on any atom is -0.464 e. The number of imide groups is 1. The SMILES string of the molecule is COC(=O)c1nc(Br)sc1CN1C(=O)c2ccccc2C1=O. The van der Waals surface area contributed by atoms with Crippen molar-refractivity contribution in [3.05, 3.63) is 49.9 Å². The summed E-state index contributed by atoms with van der Waals surface area (Å²) in [5.41, 5.74) is 0.849. The number of carbonyl (C=O) groups excluding carboxylic acids is 3. The van der Waals surface area contributed by atoms with E-state index in [1.807, 2.05) is 0 Å². The van der Waals surface area contributed by atoms with Crippen molar-refractivity contribution in [2.45, 2.75) is 6.54 Å². The van der Waals surface area contributed by atoms with Gasteiger partial charge in [-0.2, -0.15) is 0 Å². The number of halogens is 1. The Morgan fingerprint density at radius 3 is 2.41 bits per heavy atom. The standard InChI is InChI=1S/C14H9BrN2O4S/c1-21-13(20)10-9(22-14(15)16-10)6-17-11(18)7-4-2-3-5-8(7)12(17)19/h2-5H,6H2,1H3. The molecule has 2 aromatic rings. The number of benzene rings is 1. The third kappa shape index (κ3) is 2.34. The molecule has 0 fully saturated rings. The molecule has 22 heavy (non-hydrogen) atoms. The molecular formula is C14H9BrN2O4S. The van der Waals surface area contributed by atoms with Gasteiger partial charge in [0.1, 0.15) is 0 Å². The first kappa shape index (κ1) is 14.9. The van der Waals surface area contributed by atoms with Crippen LogP contribution in [0.3, 0.4) is 0 Å². The molecule has 0 unspecified atom stereocenters. The molecule has 0 saturated carbocycles. The molecule has 6 nitrogen and oxygen atoms in total. The molecule has 0 bridgehead atoms. The van der Waals surface area contributed by atoms with Crippen LogP contribution in [0.4, 0.5) is 0 Å². The molecule has 0 N–H and O–H groups in total. The van der Waals surface area contributed by atoms with Crippen molar-refractivity contribution < 1.29 is 19.1 Å². The lowest BCUT2D eigenvalue weighted by molar-refractivity contribution is 0.0579. The Kier molecular flexibility index (Phi) is 3.79. The van der Waals surface area contributed by atoms with Gasteiger partial charge in [0.15, 0.2) is 9.61 Å². The van der Waals surface area contributed by atoms with Crippen LogP contribution in [0.15, 0.2) is 28.2 Å². The molecule has 1 aliphatic heterocycles. The number of hydrogen-bond acceptors (Lipinski definition) is 6. The van der Waals surface area contributed by atoms with E-state index in [1.54, 1.807) is 24.3 Å². The summed E-state index contributed by atoms with van der Waals surface area (Å²) in [7, 11) is 1.25. The minimum absolute atomic E-state index is 0.0138. The van der Waals surface area contributed by atoms with E-state index in [0.29, 0.717) is 19.9 Å². The Balaban J connectivity index is 1.94. The lowest BCUT2D eigenvalue weighted by atomic mass is 10.1. The van der Waals surface area contributed by atoms with Gasteiger partial charge in [0.2, 0.25) is 0 Å². The van der Waals surface area contributed by atoms with Gasteiger partial charge in [0.25, 0.3) is 11.8 Å². The fraction of sp³-hybridized carbons (Fsp3) is 0.143. The first-order chi connectivity index (χ1) is 10.5. The summed E-state index contributed by atoms with van der Waals surface area (Å²) >= 11 is 4.39. The van der Waals surface area contributed by atoms with Crippen molar-refractivity contribution in [2.24, 2.45) is 0 Å². The van der Waals surface area contributed by atoms with Crippen LogP contribution in [0.25, 0.3) is 0 Å². The summed E-state index contributed by atoms with van der Waals surface area (Å²) in [5.74, 6) is -1.35. The maximum atomic E-state index is 12.3. The molecule has 0 aliphatic carbocycles. The van der Waals surface area contributed by atoms with Gasteiger partial charge >= 0.3 is 5.97 Å². The van der Waals surface area contributed by atoms with E-state index in [0.717, 1.165) is 4.90 Å². The Morgan fingerprint density at radius 1 is 1.27 bits per heavy atom. The van der Waals surface area contributed by atoms with Crippen molar-refractivity contribution in [3.8, 4) is 0 Å². The van der Waals surface area contributed by atoms with E-state index in [9.17, 15) is 14.4 Å². The topological polar surface area (TPSA) is 76.6 Å². The van der Waals surface area contributed by atoms with Crippen molar-refractivity contribution in [2.75, 3.05) is 7.11 Å². The van der Waals surface area contributed by atoms with Crippen LogP contribution in [0.5, 0.6) is 0 Å². The Labute approximate surface area is 137 Å². The first-order valence-electron chi connectivity index (χ1n) is 6.21. The molecule has 3 rings (SSSR count). The maximum Gasteiger partial charge on any atom is 0.357 e. The van der Waals surface area contributed by atoms with E-state index in [-0.39, 0.29) is 24.1 Å². The highest BCUT2D eigenvalue weighted by atomic mass is 79.9. The van der Waals surface area contributed by atoms with Gasteiger partial charge in [0, 0.05) is 0 Å². The number of fused-ring (bicyclic) bond motifs is 1. The smallest absolute Gasteiger partial charge is 0.357 e. The maximum absolute atomic E-state index is 12.3. The van der Waals surface area contributed by atoms with Gasteiger partial charge in [-0.25, -0.2) is 9.78 Å². The molecule has 1 aromatic carbocycles. The van der Waals surface area contributed by atoms with Crippen molar-refractivity contribution in [3.63, 3.8) is 0 Å². The van der Waals surface area contributed by atoms with Gasteiger partial charge in [-0.05, 0) is 28.1 Å². The lowest BCUT2D eigenvalue weighted by Crippen LogP contribution is -2.29. The number of aromatic nitrogens is 1. The quantitative estimate of drug-likeness (QED) is 0.603. The van der Waals surface area contributed by atoms with E-state index in [1.165, 1.54) is 18.4 Å². The number of nitrogens with zero attached hydrogens (tertiary/aromatic N) is 2. The number of carbonyl (C=O) groups is 3. The number of rotatable bonds is 3. The third-order valence-electron chi connectivity index (χ3n) is 3.23. The highest BCUT2D eigenvalue weighted by Gasteiger charge is 2.36.